The van der Waals surface area contributed by atoms with Crippen LogP contribution in [0, 0.1) is 5.92 Å². The maximum atomic E-state index is 12.8. The third kappa shape index (κ3) is 2.59. The second-order valence-electron chi connectivity index (χ2n) is 5.50. The van der Waals surface area contributed by atoms with E-state index in [0.29, 0.717) is 5.02 Å². The topological polar surface area (TPSA) is 29.1 Å². The molecule has 0 saturated heterocycles. The van der Waals surface area contributed by atoms with Gasteiger partial charge in [-0.3, -0.25) is 4.79 Å². The summed E-state index contributed by atoms with van der Waals surface area (Å²) in [6.07, 6.45) is 1.46. The van der Waals surface area contributed by atoms with Gasteiger partial charge in [0.25, 0.3) is 5.92 Å². The van der Waals surface area contributed by atoms with E-state index in [1.54, 1.807) is 12.1 Å². The molecule has 1 atom stereocenters. The lowest BCUT2D eigenvalue weighted by molar-refractivity contribution is -0.123. The Morgan fingerprint density at radius 3 is 2.37 bits per heavy atom. The van der Waals surface area contributed by atoms with Crippen LogP contribution in [0.15, 0.2) is 24.3 Å². The summed E-state index contributed by atoms with van der Waals surface area (Å²) >= 11 is 5.83. The molecule has 1 amide bonds. The van der Waals surface area contributed by atoms with Crippen molar-refractivity contribution in [3.63, 3.8) is 0 Å². The minimum absolute atomic E-state index is 0.0810. The molecule has 2 saturated carbocycles. The van der Waals surface area contributed by atoms with Crippen LogP contribution in [0.2, 0.25) is 5.02 Å². The molecule has 0 aromatic heterocycles. The molecule has 0 heterocycles. The third-order valence-corrected chi connectivity index (χ3v) is 4.16. The molecule has 2 fully saturated rings. The van der Waals surface area contributed by atoms with E-state index in [0.717, 1.165) is 18.4 Å². The fraction of sp³-hybridized carbons (Fsp3) is 0.500. The normalized spacial score (nSPS) is 25.7. The minimum atomic E-state index is -2.63. The van der Waals surface area contributed by atoms with E-state index in [-0.39, 0.29) is 24.3 Å². The van der Waals surface area contributed by atoms with Crippen LogP contribution in [0.5, 0.6) is 0 Å². The molecule has 1 N–H and O–H groups in total. The van der Waals surface area contributed by atoms with Crippen LogP contribution in [0.3, 0.4) is 0 Å². The molecule has 1 aromatic carbocycles. The second-order valence-corrected chi connectivity index (χ2v) is 5.94. The maximum Gasteiger partial charge on any atom is 0.252 e. The number of hydrogen-bond acceptors (Lipinski definition) is 1. The Morgan fingerprint density at radius 1 is 1.32 bits per heavy atom. The lowest BCUT2D eigenvalue weighted by Crippen LogP contribution is -2.35. The number of halogens is 3. The van der Waals surface area contributed by atoms with Gasteiger partial charge in [-0.25, -0.2) is 8.78 Å². The van der Waals surface area contributed by atoms with Crippen molar-refractivity contribution in [1.29, 1.82) is 0 Å². The van der Waals surface area contributed by atoms with Gasteiger partial charge in [-0.2, -0.15) is 0 Å². The van der Waals surface area contributed by atoms with Crippen molar-refractivity contribution in [2.75, 3.05) is 0 Å². The number of hydrogen-bond donors (Lipinski definition) is 1. The summed E-state index contributed by atoms with van der Waals surface area (Å²) < 4.78 is 25.6. The quantitative estimate of drug-likeness (QED) is 0.901. The van der Waals surface area contributed by atoms with Crippen molar-refractivity contribution in [2.45, 2.75) is 37.1 Å². The molecule has 2 aliphatic rings. The second kappa shape index (κ2) is 4.17. The Kier molecular flexibility index (Phi) is 2.82. The van der Waals surface area contributed by atoms with Gasteiger partial charge in [0.15, 0.2) is 0 Å². The average Bonchev–Trinajstić information content (AvgIpc) is 3.20. The van der Waals surface area contributed by atoms with Crippen LogP contribution in [0.4, 0.5) is 8.78 Å². The first-order valence-corrected chi connectivity index (χ1v) is 6.74. The number of amides is 1. The average molecular weight is 286 g/mol. The largest absolute Gasteiger partial charge is 0.347 e. The van der Waals surface area contributed by atoms with Crippen molar-refractivity contribution < 1.29 is 13.6 Å². The first-order valence-electron chi connectivity index (χ1n) is 6.36. The standard InChI is InChI=1S/C14H14ClF2NO/c15-11-3-1-9(2-4-11)13(5-6-13)18-12(19)7-10-8-14(10,16)17/h1-4,10H,5-8H2,(H,18,19)/t10-/m1/s1. The fourth-order valence-corrected chi connectivity index (χ4v) is 2.54. The summed E-state index contributed by atoms with van der Waals surface area (Å²) in [5.74, 6) is -3.68. The Balaban J connectivity index is 1.63. The number of alkyl halides is 2. The van der Waals surface area contributed by atoms with Crippen LogP contribution in [-0.2, 0) is 10.3 Å². The smallest absolute Gasteiger partial charge is 0.252 e. The Labute approximate surface area is 115 Å². The molecule has 0 aliphatic heterocycles. The van der Waals surface area contributed by atoms with Gasteiger partial charge in [-0.1, -0.05) is 23.7 Å². The fourth-order valence-electron chi connectivity index (χ4n) is 2.41. The van der Waals surface area contributed by atoms with E-state index in [1.807, 2.05) is 12.1 Å². The van der Waals surface area contributed by atoms with Gasteiger partial charge in [0.2, 0.25) is 5.91 Å². The van der Waals surface area contributed by atoms with Crippen molar-refractivity contribution >= 4 is 17.5 Å². The Bertz CT molecular complexity index is 511. The molecule has 0 radical (unpaired) electrons. The predicted molar refractivity (Wildman–Crippen MR) is 68.2 cm³/mol. The van der Waals surface area contributed by atoms with E-state index in [1.165, 1.54) is 0 Å². The first-order chi connectivity index (χ1) is 8.91. The van der Waals surface area contributed by atoms with Gasteiger partial charge in [0, 0.05) is 23.8 Å². The highest BCUT2D eigenvalue weighted by Crippen LogP contribution is 2.51. The minimum Gasteiger partial charge on any atom is -0.347 e. The summed E-state index contributed by atoms with van der Waals surface area (Å²) in [5.41, 5.74) is 0.638. The highest BCUT2D eigenvalue weighted by molar-refractivity contribution is 6.30. The lowest BCUT2D eigenvalue weighted by atomic mass is 10.0. The molecular formula is C14H14ClF2NO. The van der Waals surface area contributed by atoms with Gasteiger partial charge < -0.3 is 5.32 Å². The molecule has 3 rings (SSSR count). The van der Waals surface area contributed by atoms with E-state index >= 15 is 0 Å². The van der Waals surface area contributed by atoms with Gasteiger partial charge >= 0.3 is 0 Å². The monoisotopic (exact) mass is 285 g/mol. The summed E-state index contributed by atoms with van der Waals surface area (Å²) in [4.78, 5) is 11.8. The summed E-state index contributed by atoms with van der Waals surface area (Å²) in [6.45, 7) is 0. The number of carbonyl (C=O) groups is 1. The molecule has 102 valence electrons. The van der Waals surface area contributed by atoms with E-state index < -0.39 is 11.8 Å². The highest BCUT2D eigenvalue weighted by atomic mass is 35.5. The zero-order valence-corrected chi connectivity index (χ0v) is 11.0. The van der Waals surface area contributed by atoms with Crippen molar-refractivity contribution in [1.82, 2.24) is 5.32 Å². The van der Waals surface area contributed by atoms with E-state index in [4.69, 9.17) is 11.6 Å². The summed E-state index contributed by atoms with van der Waals surface area (Å²) in [7, 11) is 0. The third-order valence-electron chi connectivity index (χ3n) is 3.91. The zero-order valence-electron chi connectivity index (χ0n) is 10.3. The maximum absolute atomic E-state index is 12.8. The molecule has 0 unspecified atom stereocenters. The van der Waals surface area contributed by atoms with Crippen LogP contribution < -0.4 is 5.32 Å². The number of nitrogens with one attached hydrogen (secondary N) is 1. The van der Waals surface area contributed by atoms with Gasteiger partial charge in [0.05, 0.1) is 5.54 Å². The van der Waals surface area contributed by atoms with Crippen molar-refractivity contribution in [3.05, 3.63) is 34.9 Å². The van der Waals surface area contributed by atoms with Crippen LogP contribution in [-0.4, -0.2) is 11.8 Å². The highest BCUT2D eigenvalue weighted by Gasteiger charge is 2.57. The van der Waals surface area contributed by atoms with Crippen LogP contribution in [0.25, 0.3) is 0 Å². The summed E-state index contributed by atoms with van der Waals surface area (Å²) in [6, 6.07) is 7.30. The zero-order chi connectivity index (χ0) is 13.7. The van der Waals surface area contributed by atoms with Crippen molar-refractivity contribution in [3.8, 4) is 0 Å². The molecule has 5 heteroatoms. The Hall–Kier alpha value is -1.16. The molecule has 1 aromatic rings. The number of rotatable bonds is 4. The first kappa shape index (κ1) is 12.9. The van der Waals surface area contributed by atoms with Crippen molar-refractivity contribution in [2.24, 2.45) is 5.92 Å². The van der Waals surface area contributed by atoms with Gasteiger partial charge in [-0.15, -0.1) is 0 Å². The molecule has 2 nitrogen and oxygen atoms in total. The molecule has 0 bridgehead atoms. The number of carbonyl (C=O) groups excluding carboxylic acids is 1. The van der Waals surface area contributed by atoms with E-state index in [2.05, 4.69) is 5.32 Å². The Morgan fingerprint density at radius 2 is 1.89 bits per heavy atom. The van der Waals surface area contributed by atoms with E-state index in [9.17, 15) is 13.6 Å². The number of benzene rings is 1. The van der Waals surface area contributed by atoms with Crippen LogP contribution in [0.1, 0.15) is 31.2 Å². The molecule has 0 spiro atoms. The van der Waals surface area contributed by atoms with Gasteiger partial charge in [0.1, 0.15) is 0 Å². The molecular weight excluding hydrogens is 272 g/mol. The molecule has 2 aliphatic carbocycles. The van der Waals surface area contributed by atoms with Crippen LogP contribution >= 0.6 is 11.6 Å². The predicted octanol–water partition coefficient (Wildman–Crippen LogP) is 3.49. The van der Waals surface area contributed by atoms with Gasteiger partial charge in [-0.05, 0) is 30.5 Å². The lowest BCUT2D eigenvalue weighted by Gasteiger charge is -2.18. The summed E-state index contributed by atoms with van der Waals surface area (Å²) in [5, 5.41) is 3.54. The molecule has 19 heavy (non-hydrogen) atoms. The SMILES string of the molecule is O=C(C[C@@H]1CC1(F)F)NC1(c2ccc(Cl)cc2)CC1.